The molecule has 0 radical (unpaired) electrons. The van der Waals surface area contributed by atoms with E-state index in [4.69, 9.17) is 4.74 Å². The Hall–Kier alpha value is -3.30. The molecule has 0 spiro atoms. The summed E-state index contributed by atoms with van der Waals surface area (Å²) >= 11 is 0. The lowest BCUT2D eigenvalue weighted by Crippen LogP contribution is -2.48. The molecule has 0 bridgehead atoms. The van der Waals surface area contributed by atoms with E-state index in [9.17, 15) is 10.1 Å². The Balaban J connectivity index is 1.52. The number of nitrogens with one attached hydrogen (secondary N) is 1. The molecule has 0 aliphatic carbocycles. The van der Waals surface area contributed by atoms with E-state index in [0.29, 0.717) is 19.6 Å². The lowest BCUT2D eigenvalue weighted by molar-refractivity contribution is -0.128. The van der Waals surface area contributed by atoms with Crippen LogP contribution < -0.4 is 10.1 Å². The first kappa shape index (κ1) is 20.4. The molecule has 1 aliphatic heterocycles. The molecule has 1 saturated heterocycles. The molecule has 0 unspecified atom stereocenters. The van der Waals surface area contributed by atoms with Gasteiger partial charge in [0.25, 0.3) is 5.91 Å². The van der Waals surface area contributed by atoms with Crippen LogP contribution in [0.2, 0.25) is 0 Å². The standard InChI is InChI=1S/C23H26N4O2/c1-29-22-10-6-5-9-20(22)16-25-17-21(15-24)23(28)27-13-11-26(12-14-27)18-19-7-3-2-4-8-19/h2-10,17,25H,11-14,16,18H2,1H3/b21-17-. The number of benzene rings is 2. The summed E-state index contributed by atoms with van der Waals surface area (Å²) < 4.78 is 5.32. The normalized spacial score (nSPS) is 14.9. The van der Waals surface area contributed by atoms with Crippen molar-refractivity contribution in [1.82, 2.24) is 15.1 Å². The number of rotatable bonds is 7. The van der Waals surface area contributed by atoms with E-state index in [1.807, 2.05) is 48.5 Å². The fourth-order valence-electron chi connectivity index (χ4n) is 3.37. The Morgan fingerprint density at radius 1 is 1.10 bits per heavy atom. The van der Waals surface area contributed by atoms with E-state index in [2.05, 4.69) is 22.3 Å². The molecule has 0 saturated carbocycles. The number of hydrogen-bond donors (Lipinski definition) is 1. The van der Waals surface area contributed by atoms with Gasteiger partial charge in [0.15, 0.2) is 0 Å². The molecule has 6 nitrogen and oxygen atoms in total. The van der Waals surface area contributed by atoms with Crippen LogP contribution in [0.15, 0.2) is 66.4 Å². The number of carbonyl (C=O) groups is 1. The van der Waals surface area contributed by atoms with Gasteiger partial charge in [-0.05, 0) is 11.6 Å². The Kier molecular flexibility index (Phi) is 7.26. The quantitative estimate of drug-likeness (QED) is 0.581. The molecule has 0 aromatic heterocycles. The maximum absolute atomic E-state index is 12.7. The number of amides is 1. The second kappa shape index (κ2) is 10.3. The van der Waals surface area contributed by atoms with E-state index in [1.54, 1.807) is 12.0 Å². The Morgan fingerprint density at radius 3 is 2.48 bits per heavy atom. The summed E-state index contributed by atoms with van der Waals surface area (Å²) in [6.07, 6.45) is 1.51. The predicted molar refractivity (Wildman–Crippen MR) is 112 cm³/mol. The fourth-order valence-corrected chi connectivity index (χ4v) is 3.37. The molecule has 6 heteroatoms. The molecule has 29 heavy (non-hydrogen) atoms. The van der Waals surface area contributed by atoms with E-state index in [-0.39, 0.29) is 11.5 Å². The van der Waals surface area contributed by atoms with Gasteiger partial charge in [-0.25, -0.2) is 0 Å². The highest BCUT2D eigenvalue weighted by atomic mass is 16.5. The van der Waals surface area contributed by atoms with Gasteiger partial charge in [0.05, 0.1) is 7.11 Å². The van der Waals surface area contributed by atoms with Gasteiger partial charge >= 0.3 is 0 Å². The molecule has 2 aromatic carbocycles. The minimum atomic E-state index is -0.223. The summed E-state index contributed by atoms with van der Waals surface area (Å²) in [5.74, 6) is 0.548. The lowest BCUT2D eigenvalue weighted by atomic mass is 10.2. The van der Waals surface area contributed by atoms with E-state index >= 15 is 0 Å². The molecule has 3 rings (SSSR count). The minimum Gasteiger partial charge on any atom is -0.496 e. The van der Waals surface area contributed by atoms with Crippen LogP contribution in [0, 0.1) is 11.3 Å². The number of nitrogens with zero attached hydrogens (tertiary/aromatic N) is 3. The molecule has 1 fully saturated rings. The van der Waals surface area contributed by atoms with Crippen LogP contribution in [0.5, 0.6) is 5.75 Å². The molecule has 150 valence electrons. The molecule has 1 aliphatic rings. The van der Waals surface area contributed by atoms with Gasteiger partial charge in [-0.1, -0.05) is 48.5 Å². The fraction of sp³-hybridized carbons (Fsp3) is 0.304. The zero-order chi connectivity index (χ0) is 20.5. The summed E-state index contributed by atoms with van der Waals surface area (Å²) in [7, 11) is 1.62. The molecule has 1 N–H and O–H groups in total. The number of hydrogen-bond acceptors (Lipinski definition) is 5. The molecular formula is C23H26N4O2. The van der Waals surface area contributed by atoms with Crippen LogP contribution in [0.1, 0.15) is 11.1 Å². The smallest absolute Gasteiger partial charge is 0.266 e. The molecule has 2 aromatic rings. The Labute approximate surface area is 172 Å². The number of piperazine rings is 1. The first-order chi connectivity index (χ1) is 14.2. The van der Waals surface area contributed by atoms with Crippen LogP contribution in [0.25, 0.3) is 0 Å². The van der Waals surface area contributed by atoms with Gasteiger partial charge in [0.1, 0.15) is 17.4 Å². The Bertz CT molecular complexity index is 881. The largest absolute Gasteiger partial charge is 0.496 e. The van der Waals surface area contributed by atoms with E-state index < -0.39 is 0 Å². The second-order valence-electron chi connectivity index (χ2n) is 6.92. The number of carbonyl (C=O) groups excluding carboxylic acids is 1. The van der Waals surface area contributed by atoms with Gasteiger partial charge < -0.3 is 15.0 Å². The molecular weight excluding hydrogens is 364 g/mol. The van der Waals surface area contributed by atoms with Crippen LogP contribution in [0.3, 0.4) is 0 Å². The van der Waals surface area contributed by atoms with Crippen molar-refractivity contribution in [2.24, 2.45) is 0 Å². The summed E-state index contributed by atoms with van der Waals surface area (Å²) in [5.41, 5.74) is 2.35. The van der Waals surface area contributed by atoms with Gasteiger partial charge in [-0.3, -0.25) is 9.69 Å². The van der Waals surface area contributed by atoms with Crippen LogP contribution in [-0.4, -0.2) is 49.0 Å². The third-order valence-electron chi connectivity index (χ3n) is 4.99. The van der Waals surface area contributed by atoms with Crippen molar-refractivity contribution in [3.63, 3.8) is 0 Å². The molecule has 1 heterocycles. The monoisotopic (exact) mass is 390 g/mol. The van der Waals surface area contributed by atoms with Crippen molar-refractivity contribution in [3.8, 4) is 11.8 Å². The zero-order valence-corrected chi connectivity index (χ0v) is 16.7. The van der Waals surface area contributed by atoms with E-state index in [0.717, 1.165) is 30.9 Å². The second-order valence-corrected chi connectivity index (χ2v) is 6.92. The van der Waals surface area contributed by atoms with Crippen LogP contribution >= 0.6 is 0 Å². The number of para-hydroxylation sites is 1. The summed E-state index contributed by atoms with van der Waals surface area (Å²) in [6.45, 7) is 4.20. The lowest BCUT2D eigenvalue weighted by Gasteiger charge is -2.34. The van der Waals surface area contributed by atoms with Gasteiger partial charge in [0.2, 0.25) is 0 Å². The van der Waals surface area contributed by atoms with Gasteiger partial charge in [-0.15, -0.1) is 0 Å². The van der Waals surface area contributed by atoms with Crippen molar-refractivity contribution < 1.29 is 9.53 Å². The summed E-state index contributed by atoms with van der Waals surface area (Å²) in [5, 5.41) is 12.5. The van der Waals surface area contributed by atoms with E-state index in [1.165, 1.54) is 11.8 Å². The Morgan fingerprint density at radius 2 is 1.79 bits per heavy atom. The van der Waals surface area contributed by atoms with Crippen LogP contribution in [-0.2, 0) is 17.9 Å². The number of methoxy groups -OCH3 is 1. The van der Waals surface area contributed by atoms with Crippen molar-refractivity contribution in [1.29, 1.82) is 5.26 Å². The highest BCUT2D eigenvalue weighted by Crippen LogP contribution is 2.17. The third-order valence-corrected chi connectivity index (χ3v) is 4.99. The van der Waals surface area contributed by atoms with Crippen molar-refractivity contribution in [2.75, 3.05) is 33.3 Å². The highest BCUT2D eigenvalue weighted by Gasteiger charge is 2.23. The zero-order valence-electron chi connectivity index (χ0n) is 16.7. The predicted octanol–water partition coefficient (Wildman–Crippen LogP) is 2.54. The topological polar surface area (TPSA) is 68.6 Å². The van der Waals surface area contributed by atoms with Crippen molar-refractivity contribution in [2.45, 2.75) is 13.1 Å². The minimum absolute atomic E-state index is 0.122. The number of ether oxygens (including phenoxy) is 1. The maximum atomic E-state index is 12.7. The first-order valence-corrected chi connectivity index (χ1v) is 9.72. The average molecular weight is 390 g/mol. The summed E-state index contributed by atoms with van der Waals surface area (Å²) in [4.78, 5) is 16.8. The summed E-state index contributed by atoms with van der Waals surface area (Å²) in [6, 6.07) is 20.0. The average Bonchev–Trinajstić information content (AvgIpc) is 2.78. The van der Waals surface area contributed by atoms with Gasteiger partial charge in [-0.2, -0.15) is 5.26 Å². The SMILES string of the molecule is COc1ccccc1CN/C=C(/C#N)C(=O)N1CCN(Cc2ccccc2)CC1. The van der Waals surface area contributed by atoms with Gasteiger partial charge in [0, 0.05) is 51.0 Å². The third kappa shape index (κ3) is 5.59. The van der Waals surface area contributed by atoms with Crippen LogP contribution in [0.4, 0.5) is 0 Å². The number of nitriles is 1. The highest BCUT2D eigenvalue weighted by molar-refractivity contribution is 5.97. The first-order valence-electron chi connectivity index (χ1n) is 9.72. The maximum Gasteiger partial charge on any atom is 0.266 e. The van der Waals surface area contributed by atoms with Crippen molar-refractivity contribution in [3.05, 3.63) is 77.5 Å². The van der Waals surface area contributed by atoms with Crippen molar-refractivity contribution >= 4 is 5.91 Å². The molecule has 1 amide bonds. The molecule has 0 atom stereocenters.